The second-order valence-electron chi connectivity index (χ2n) is 5.83. The summed E-state index contributed by atoms with van der Waals surface area (Å²) in [6, 6.07) is 4.01. The van der Waals surface area contributed by atoms with Gasteiger partial charge in [-0.15, -0.1) is 0 Å². The summed E-state index contributed by atoms with van der Waals surface area (Å²) in [5.41, 5.74) is 6.15. The number of hydrogen-bond donors (Lipinski definition) is 1. The Labute approximate surface area is 104 Å². The molecule has 1 aromatic rings. The topological polar surface area (TPSA) is 42.4 Å². The van der Waals surface area contributed by atoms with Crippen molar-refractivity contribution in [2.24, 2.45) is 17.1 Å². The van der Waals surface area contributed by atoms with Gasteiger partial charge in [-0.2, -0.15) is 0 Å². The van der Waals surface area contributed by atoms with Gasteiger partial charge >= 0.3 is 0 Å². The lowest BCUT2D eigenvalue weighted by Crippen LogP contribution is -2.44. The summed E-state index contributed by atoms with van der Waals surface area (Å²) in [7, 11) is 0. The first-order valence-corrected chi connectivity index (χ1v) is 6.56. The minimum absolute atomic E-state index is 0.430. The Bertz CT molecular complexity index is 332. The van der Waals surface area contributed by atoms with E-state index >= 15 is 0 Å². The van der Waals surface area contributed by atoms with Gasteiger partial charge < -0.3 is 10.2 Å². The summed E-state index contributed by atoms with van der Waals surface area (Å²) in [6.07, 6.45) is 4.13. The molecule has 2 rings (SSSR count). The van der Waals surface area contributed by atoms with E-state index in [1.807, 2.05) is 6.07 Å². The lowest BCUT2D eigenvalue weighted by molar-refractivity contribution is 0.0482. The summed E-state index contributed by atoms with van der Waals surface area (Å²) in [5.74, 6) is 1.77. The average molecular weight is 236 g/mol. The highest BCUT2D eigenvalue weighted by Gasteiger charge is 2.34. The van der Waals surface area contributed by atoms with Crippen LogP contribution in [0.2, 0.25) is 0 Å². The second kappa shape index (κ2) is 5.23. The van der Waals surface area contributed by atoms with Crippen molar-refractivity contribution < 1.29 is 4.42 Å². The first-order valence-electron chi connectivity index (χ1n) is 6.56. The molecule has 0 amide bonds. The zero-order chi connectivity index (χ0) is 12.3. The van der Waals surface area contributed by atoms with Crippen LogP contribution in [0.15, 0.2) is 22.8 Å². The molecule has 1 unspecified atom stereocenters. The number of piperidine rings is 1. The summed E-state index contributed by atoms with van der Waals surface area (Å²) in [6.45, 7) is 8.78. The van der Waals surface area contributed by atoms with Crippen molar-refractivity contribution in [1.82, 2.24) is 4.90 Å². The molecule has 1 aliphatic heterocycles. The Morgan fingerprint density at radius 1 is 1.53 bits per heavy atom. The van der Waals surface area contributed by atoms with Gasteiger partial charge in [0.2, 0.25) is 0 Å². The highest BCUT2D eigenvalue weighted by atomic mass is 16.3. The van der Waals surface area contributed by atoms with Gasteiger partial charge in [-0.05, 0) is 49.4 Å². The van der Waals surface area contributed by atoms with E-state index in [4.69, 9.17) is 10.2 Å². The number of furan rings is 1. The van der Waals surface area contributed by atoms with Crippen molar-refractivity contribution in [3.8, 4) is 0 Å². The van der Waals surface area contributed by atoms with Crippen molar-refractivity contribution in [3.05, 3.63) is 24.2 Å². The number of hydrogen-bond acceptors (Lipinski definition) is 3. The van der Waals surface area contributed by atoms with E-state index in [1.165, 1.54) is 6.42 Å². The zero-order valence-electron chi connectivity index (χ0n) is 11.0. The van der Waals surface area contributed by atoms with Gasteiger partial charge in [0, 0.05) is 6.54 Å². The second-order valence-corrected chi connectivity index (χ2v) is 5.83. The van der Waals surface area contributed by atoms with E-state index in [0.717, 1.165) is 38.4 Å². The zero-order valence-corrected chi connectivity index (χ0v) is 11.0. The maximum absolute atomic E-state index is 5.72. The first-order chi connectivity index (χ1) is 8.12. The van der Waals surface area contributed by atoms with E-state index < -0.39 is 0 Å². The Balaban J connectivity index is 1.94. The largest absolute Gasteiger partial charge is 0.468 e. The number of likely N-dealkylation sites (tertiary alicyclic amines) is 1. The fourth-order valence-electron chi connectivity index (χ4n) is 2.75. The van der Waals surface area contributed by atoms with E-state index in [-0.39, 0.29) is 0 Å². The molecule has 1 saturated heterocycles. The maximum atomic E-state index is 5.72. The van der Waals surface area contributed by atoms with Gasteiger partial charge in [0.25, 0.3) is 0 Å². The van der Waals surface area contributed by atoms with Crippen molar-refractivity contribution in [3.63, 3.8) is 0 Å². The van der Waals surface area contributed by atoms with Crippen LogP contribution in [0, 0.1) is 11.3 Å². The van der Waals surface area contributed by atoms with Crippen LogP contribution in [0.5, 0.6) is 0 Å². The summed E-state index contributed by atoms with van der Waals surface area (Å²) < 4.78 is 5.42. The molecule has 1 fully saturated rings. The average Bonchev–Trinajstić information content (AvgIpc) is 2.76. The summed E-state index contributed by atoms with van der Waals surface area (Å²) >= 11 is 0. The molecule has 17 heavy (non-hydrogen) atoms. The molecule has 0 bridgehead atoms. The van der Waals surface area contributed by atoms with Crippen molar-refractivity contribution in [1.29, 1.82) is 0 Å². The Morgan fingerprint density at radius 3 is 3.00 bits per heavy atom. The van der Waals surface area contributed by atoms with Crippen molar-refractivity contribution in [2.75, 3.05) is 19.6 Å². The first kappa shape index (κ1) is 12.7. The van der Waals surface area contributed by atoms with Crippen LogP contribution in [0.3, 0.4) is 0 Å². The van der Waals surface area contributed by atoms with Gasteiger partial charge in [-0.1, -0.05) is 13.8 Å². The van der Waals surface area contributed by atoms with Gasteiger partial charge in [-0.3, -0.25) is 4.90 Å². The summed E-state index contributed by atoms with van der Waals surface area (Å²) in [4.78, 5) is 2.49. The smallest absolute Gasteiger partial charge is 0.117 e. The molecule has 1 aliphatic rings. The van der Waals surface area contributed by atoms with E-state index in [1.54, 1.807) is 6.26 Å². The molecule has 0 aliphatic carbocycles. The molecule has 1 aromatic heterocycles. The molecule has 96 valence electrons. The molecule has 0 saturated carbocycles. The molecule has 3 nitrogen and oxygen atoms in total. The number of nitrogens with two attached hydrogens (primary N) is 1. The molecule has 3 heteroatoms. The predicted octanol–water partition coefficient (Wildman–Crippen LogP) is 2.48. The van der Waals surface area contributed by atoms with E-state index in [2.05, 4.69) is 24.8 Å². The molecule has 2 N–H and O–H groups in total. The molecular formula is C14H24N2O. The maximum Gasteiger partial charge on any atom is 0.117 e. The van der Waals surface area contributed by atoms with Crippen LogP contribution >= 0.6 is 0 Å². The number of rotatable bonds is 4. The van der Waals surface area contributed by atoms with Crippen LogP contribution in [0.25, 0.3) is 0 Å². The van der Waals surface area contributed by atoms with Crippen LogP contribution in [-0.2, 0) is 6.54 Å². The molecule has 2 heterocycles. The van der Waals surface area contributed by atoms with E-state index in [0.29, 0.717) is 11.3 Å². The van der Waals surface area contributed by atoms with Crippen LogP contribution in [0.4, 0.5) is 0 Å². The van der Waals surface area contributed by atoms with Gasteiger partial charge in [-0.25, -0.2) is 0 Å². The highest BCUT2D eigenvalue weighted by Crippen LogP contribution is 2.37. The lowest BCUT2D eigenvalue weighted by Gasteiger charge is -2.43. The molecule has 0 aromatic carbocycles. The molecule has 0 spiro atoms. The highest BCUT2D eigenvalue weighted by molar-refractivity contribution is 4.99. The minimum Gasteiger partial charge on any atom is -0.468 e. The Kier molecular flexibility index (Phi) is 3.89. The predicted molar refractivity (Wildman–Crippen MR) is 69.5 cm³/mol. The number of nitrogens with zero attached hydrogens (tertiary/aromatic N) is 1. The Morgan fingerprint density at radius 2 is 2.35 bits per heavy atom. The van der Waals surface area contributed by atoms with Gasteiger partial charge in [0.15, 0.2) is 0 Å². The van der Waals surface area contributed by atoms with Crippen LogP contribution in [0.1, 0.15) is 32.4 Å². The third kappa shape index (κ3) is 3.11. The molecule has 0 radical (unpaired) electrons. The quantitative estimate of drug-likeness (QED) is 0.873. The van der Waals surface area contributed by atoms with Crippen molar-refractivity contribution >= 4 is 0 Å². The lowest BCUT2D eigenvalue weighted by atomic mass is 9.72. The minimum atomic E-state index is 0.430. The third-order valence-corrected chi connectivity index (χ3v) is 4.13. The van der Waals surface area contributed by atoms with Crippen LogP contribution < -0.4 is 5.73 Å². The molecular weight excluding hydrogens is 212 g/mol. The van der Waals surface area contributed by atoms with Crippen LogP contribution in [-0.4, -0.2) is 24.5 Å². The monoisotopic (exact) mass is 236 g/mol. The van der Waals surface area contributed by atoms with Gasteiger partial charge in [0.05, 0.1) is 12.8 Å². The fourth-order valence-corrected chi connectivity index (χ4v) is 2.75. The normalized spacial score (nSPS) is 25.0. The van der Waals surface area contributed by atoms with Crippen molar-refractivity contribution in [2.45, 2.75) is 33.2 Å². The molecule has 1 atom stereocenters. The van der Waals surface area contributed by atoms with E-state index in [9.17, 15) is 0 Å². The SMILES string of the molecule is CC1(C)CCN(Cc2ccco2)CC1CCN. The summed E-state index contributed by atoms with van der Waals surface area (Å²) in [5, 5.41) is 0. The standard InChI is InChI=1S/C14H24N2O/c1-14(2)6-8-16(10-12(14)5-7-15)11-13-4-3-9-17-13/h3-4,9,12H,5-8,10-11,15H2,1-2H3. The third-order valence-electron chi connectivity index (χ3n) is 4.13. The van der Waals surface area contributed by atoms with Gasteiger partial charge in [0.1, 0.15) is 5.76 Å². The fraction of sp³-hybridized carbons (Fsp3) is 0.714. The Hall–Kier alpha value is -0.800.